The minimum absolute atomic E-state index is 0.00278. The highest BCUT2D eigenvalue weighted by atomic mass is 16.4. The molecule has 0 saturated heterocycles. The summed E-state index contributed by atoms with van der Waals surface area (Å²) in [5, 5.41) is 22.2. The molecule has 0 radical (unpaired) electrons. The molecule has 0 unspecified atom stereocenters. The first kappa shape index (κ1) is 7.39. The van der Waals surface area contributed by atoms with Crippen LogP contribution in [0.1, 0.15) is 19.3 Å². The lowest BCUT2D eigenvalue weighted by Gasteiger charge is -2.68. The lowest BCUT2D eigenvalue weighted by atomic mass is 9.40. The number of nitrogens with zero attached hydrogens (tertiary/aromatic N) is 1. The molecule has 0 heterocycles. The van der Waals surface area contributed by atoms with Gasteiger partial charge in [-0.05, 0) is 19.3 Å². The normalized spacial score (nSPS) is 43.3. The maximum atomic E-state index is 10.3. The average Bonchev–Trinajstić information content (AvgIpc) is 1.79. The van der Waals surface area contributed by atoms with Crippen molar-refractivity contribution in [3.8, 4) is 0 Å². The van der Waals surface area contributed by atoms with Crippen LogP contribution in [0.5, 0.6) is 0 Å². The van der Waals surface area contributed by atoms with Crippen molar-refractivity contribution >= 4 is 12.3 Å². The third kappa shape index (κ3) is 0.790. The summed E-state index contributed by atoms with van der Waals surface area (Å²) in [5.74, 6) is 0. The molecule has 3 aliphatic carbocycles. The number of amides is 1. The Balaban J connectivity index is 1.91. The van der Waals surface area contributed by atoms with Gasteiger partial charge in [0.2, 0.25) is 0 Å². The van der Waals surface area contributed by atoms with E-state index in [9.17, 15) is 4.79 Å². The van der Waals surface area contributed by atoms with Gasteiger partial charge in [-0.2, -0.15) is 0 Å². The van der Waals surface area contributed by atoms with E-state index >= 15 is 0 Å². The third-order valence-electron chi connectivity index (χ3n) is 2.78. The molecule has 0 aromatic rings. The van der Waals surface area contributed by atoms with Gasteiger partial charge in [0.1, 0.15) is 0 Å². The van der Waals surface area contributed by atoms with E-state index in [4.69, 9.17) is 10.3 Å². The van der Waals surface area contributed by atoms with Gasteiger partial charge >= 0.3 is 6.09 Å². The van der Waals surface area contributed by atoms with E-state index in [0.717, 1.165) is 19.3 Å². The molecule has 0 aromatic carbocycles. The van der Waals surface area contributed by atoms with Crippen LogP contribution in [0.25, 0.3) is 0 Å². The second kappa shape index (κ2) is 1.91. The molecular weight excluding hydrogens is 160 g/mol. The first-order valence-electron chi connectivity index (χ1n) is 3.80. The summed E-state index contributed by atoms with van der Waals surface area (Å²) >= 11 is 0. The van der Waals surface area contributed by atoms with Gasteiger partial charge in [-0.15, -0.1) is 5.16 Å². The second-order valence-corrected chi connectivity index (χ2v) is 3.85. The number of carbonyl (C=O) groups is 1. The van der Waals surface area contributed by atoms with Gasteiger partial charge < -0.3 is 15.6 Å². The summed E-state index contributed by atoms with van der Waals surface area (Å²) in [6.45, 7) is 0. The van der Waals surface area contributed by atoms with Gasteiger partial charge in [0.15, 0.2) is 0 Å². The van der Waals surface area contributed by atoms with Crippen molar-refractivity contribution < 1.29 is 15.1 Å². The Morgan fingerprint density at radius 2 is 2.08 bits per heavy atom. The number of nitrogens with one attached hydrogen (secondary N) is 1. The van der Waals surface area contributed by atoms with Crippen LogP contribution in [0.15, 0.2) is 5.16 Å². The SMILES string of the molecule is O=C(O)NC12CC(C=NO)(C1)C2. The molecule has 3 N–H and O–H groups in total. The standard InChI is InChI=1S/C7H10N2O3/c10-5(11)9-7-1-6(2-7,3-7)4-8-12/h4,9,12H,1-3H2,(H,10,11). The highest BCUT2D eigenvalue weighted by molar-refractivity contribution is 5.75. The highest BCUT2D eigenvalue weighted by Crippen LogP contribution is 2.66. The molecule has 1 amide bonds. The first-order chi connectivity index (χ1) is 5.60. The largest absolute Gasteiger partial charge is 0.465 e. The van der Waals surface area contributed by atoms with Crippen LogP contribution in [0.3, 0.4) is 0 Å². The summed E-state index contributed by atoms with van der Waals surface area (Å²) < 4.78 is 0. The Morgan fingerprint density at radius 1 is 1.50 bits per heavy atom. The van der Waals surface area contributed by atoms with Crippen molar-refractivity contribution in [1.29, 1.82) is 0 Å². The second-order valence-electron chi connectivity index (χ2n) is 3.85. The molecule has 12 heavy (non-hydrogen) atoms. The topological polar surface area (TPSA) is 81.9 Å². The lowest BCUT2D eigenvalue weighted by molar-refractivity contribution is -0.0913. The van der Waals surface area contributed by atoms with E-state index < -0.39 is 6.09 Å². The quantitative estimate of drug-likeness (QED) is 0.323. The van der Waals surface area contributed by atoms with E-state index in [1.165, 1.54) is 6.21 Å². The molecule has 0 spiro atoms. The number of oxime groups is 1. The summed E-state index contributed by atoms with van der Waals surface area (Å²) in [5.41, 5.74) is -0.204. The Kier molecular flexibility index (Phi) is 1.18. The van der Waals surface area contributed by atoms with Crippen LogP contribution in [0.4, 0.5) is 4.79 Å². The monoisotopic (exact) mass is 170 g/mol. The van der Waals surface area contributed by atoms with E-state index in [1.807, 2.05) is 0 Å². The molecule has 5 heteroatoms. The molecule has 3 aliphatic rings. The predicted octanol–water partition coefficient (Wildman–Crippen LogP) is 0.637. The molecule has 3 fully saturated rings. The van der Waals surface area contributed by atoms with Crippen LogP contribution in [0, 0.1) is 5.41 Å². The molecule has 66 valence electrons. The summed E-state index contributed by atoms with van der Waals surface area (Å²) in [4.78, 5) is 10.3. The van der Waals surface area contributed by atoms with Gasteiger partial charge in [-0.3, -0.25) is 0 Å². The first-order valence-corrected chi connectivity index (χ1v) is 3.80. The minimum Gasteiger partial charge on any atom is -0.465 e. The zero-order valence-electron chi connectivity index (χ0n) is 6.45. The maximum absolute atomic E-state index is 10.3. The molecule has 0 aliphatic heterocycles. The van der Waals surface area contributed by atoms with Gasteiger partial charge in [0, 0.05) is 17.2 Å². The molecule has 5 nitrogen and oxygen atoms in total. The van der Waals surface area contributed by atoms with E-state index in [0.29, 0.717) is 0 Å². The van der Waals surface area contributed by atoms with E-state index in [2.05, 4.69) is 10.5 Å². The number of hydrogen-bond donors (Lipinski definition) is 3. The predicted molar refractivity (Wildman–Crippen MR) is 40.5 cm³/mol. The molecule has 3 saturated carbocycles. The van der Waals surface area contributed by atoms with Crippen molar-refractivity contribution in [1.82, 2.24) is 5.32 Å². The molecule has 2 bridgehead atoms. The molecule has 3 rings (SSSR count). The van der Waals surface area contributed by atoms with Crippen LogP contribution in [0.2, 0.25) is 0 Å². The fraction of sp³-hybridized carbons (Fsp3) is 0.714. The van der Waals surface area contributed by atoms with Crippen LogP contribution < -0.4 is 5.32 Å². The molecular formula is C7H10N2O3. The molecule has 0 atom stereocenters. The fourth-order valence-electron chi connectivity index (χ4n) is 2.49. The van der Waals surface area contributed by atoms with Crippen molar-refractivity contribution in [2.75, 3.05) is 0 Å². The molecule has 0 aromatic heterocycles. The summed E-state index contributed by atoms with van der Waals surface area (Å²) in [6, 6.07) is 0. The zero-order chi connectivity index (χ0) is 8.82. The van der Waals surface area contributed by atoms with Crippen LogP contribution >= 0.6 is 0 Å². The Labute approximate surface area is 69.1 Å². The lowest BCUT2D eigenvalue weighted by Crippen LogP contribution is -2.75. The third-order valence-corrected chi connectivity index (χ3v) is 2.78. The summed E-state index contributed by atoms with van der Waals surface area (Å²) in [7, 11) is 0. The Morgan fingerprint density at radius 3 is 2.50 bits per heavy atom. The van der Waals surface area contributed by atoms with E-state index in [-0.39, 0.29) is 11.0 Å². The smallest absolute Gasteiger partial charge is 0.405 e. The fourth-order valence-corrected chi connectivity index (χ4v) is 2.49. The van der Waals surface area contributed by atoms with Crippen molar-refractivity contribution in [2.24, 2.45) is 10.6 Å². The Bertz CT molecular complexity index is 242. The van der Waals surface area contributed by atoms with Gasteiger partial charge in [0.25, 0.3) is 0 Å². The van der Waals surface area contributed by atoms with Crippen LogP contribution in [-0.2, 0) is 0 Å². The minimum atomic E-state index is -0.968. The zero-order valence-corrected chi connectivity index (χ0v) is 6.45. The van der Waals surface area contributed by atoms with Gasteiger partial charge in [-0.25, -0.2) is 4.79 Å². The number of hydrogen-bond acceptors (Lipinski definition) is 3. The van der Waals surface area contributed by atoms with Crippen molar-refractivity contribution in [3.63, 3.8) is 0 Å². The average molecular weight is 170 g/mol. The van der Waals surface area contributed by atoms with E-state index in [1.54, 1.807) is 0 Å². The highest BCUT2D eigenvalue weighted by Gasteiger charge is 2.68. The van der Waals surface area contributed by atoms with Gasteiger partial charge in [0.05, 0.1) is 0 Å². The summed E-state index contributed by atoms with van der Waals surface area (Å²) in [6.07, 6.45) is 2.87. The maximum Gasteiger partial charge on any atom is 0.405 e. The van der Waals surface area contributed by atoms with Crippen molar-refractivity contribution in [2.45, 2.75) is 24.8 Å². The van der Waals surface area contributed by atoms with Crippen molar-refractivity contribution in [3.05, 3.63) is 0 Å². The van der Waals surface area contributed by atoms with Crippen LogP contribution in [-0.4, -0.2) is 28.2 Å². The Hall–Kier alpha value is -1.26. The number of carboxylic acid groups (broad SMARTS) is 1. The number of rotatable bonds is 2. The van der Waals surface area contributed by atoms with Gasteiger partial charge in [-0.1, -0.05) is 0 Å².